The van der Waals surface area contributed by atoms with Crippen molar-refractivity contribution < 1.29 is 4.79 Å². The fourth-order valence-corrected chi connectivity index (χ4v) is 3.29. The van der Waals surface area contributed by atoms with Gasteiger partial charge in [0, 0.05) is 51.0 Å². The Morgan fingerprint density at radius 2 is 2.00 bits per heavy atom. The van der Waals surface area contributed by atoms with E-state index in [1.165, 1.54) is 0 Å². The van der Waals surface area contributed by atoms with Gasteiger partial charge < -0.3 is 16.0 Å². The van der Waals surface area contributed by atoms with Gasteiger partial charge in [-0.25, -0.2) is 0 Å². The van der Waals surface area contributed by atoms with E-state index in [2.05, 4.69) is 20.1 Å². The van der Waals surface area contributed by atoms with Gasteiger partial charge in [-0.2, -0.15) is 0 Å². The Bertz CT molecular complexity index is 547. The number of hydrogen-bond donors (Lipinski definition) is 2. The molecule has 0 spiro atoms. The second-order valence-electron chi connectivity index (χ2n) is 5.95. The number of anilines is 1. The number of primary amides is 1. The number of nitrogens with two attached hydrogens (primary N) is 1. The molecule has 2 aliphatic heterocycles. The standard InChI is InChI=1S/C15H23N5O/c1-10-7-13(14(15(16)21)11(2)18-10)20-8-12(9-20)19-5-3-17-4-6-19/h7,12,17H,3-6,8-9H2,1-2H3,(H2,16,21). The summed E-state index contributed by atoms with van der Waals surface area (Å²) in [6.07, 6.45) is 0. The predicted molar refractivity (Wildman–Crippen MR) is 82.7 cm³/mol. The van der Waals surface area contributed by atoms with Crippen molar-refractivity contribution in [3.63, 3.8) is 0 Å². The molecule has 0 bridgehead atoms. The van der Waals surface area contributed by atoms with E-state index in [0.717, 1.165) is 56.3 Å². The third kappa shape index (κ3) is 2.73. The van der Waals surface area contributed by atoms with Gasteiger partial charge in [0.2, 0.25) is 0 Å². The first-order valence-electron chi connectivity index (χ1n) is 7.54. The van der Waals surface area contributed by atoms with Gasteiger partial charge in [0.25, 0.3) is 5.91 Å². The van der Waals surface area contributed by atoms with Crippen molar-refractivity contribution in [3.8, 4) is 0 Å². The number of carbonyl (C=O) groups is 1. The summed E-state index contributed by atoms with van der Waals surface area (Å²) in [5.74, 6) is -0.388. The molecule has 0 saturated carbocycles. The van der Waals surface area contributed by atoms with Crippen LogP contribution in [0.3, 0.4) is 0 Å². The van der Waals surface area contributed by atoms with Crippen LogP contribution in [0.4, 0.5) is 5.69 Å². The lowest BCUT2D eigenvalue weighted by Crippen LogP contribution is -2.63. The Labute approximate surface area is 125 Å². The summed E-state index contributed by atoms with van der Waals surface area (Å²) in [6, 6.07) is 2.56. The van der Waals surface area contributed by atoms with Crippen molar-refractivity contribution in [2.45, 2.75) is 19.9 Å². The summed E-state index contributed by atoms with van der Waals surface area (Å²) in [4.78, 5) is 20.8. The number of hydrogen-bond acceptors (Lipinski definition) is 5. The highest BCUT2D eigenvalue weighted by molar-refractivity contribution is 6.00. The topological polar surface area (TPSA) is 74.5 Å². The molecule has 0 aromatic carbocycles. The molecule has 0 unspecified atom stereocenters. The Hall–Kier alpha value is -1.66. The van der Waals surface area contributed by atoms with Crippen molar-refractivity contribution in [3.05, 3.63) is 23.0 Å². The number of piperazine rings is 1. The second-order valence-corrected chi connectivity index (χ2v) is 5.95. The predicted octanol–water partition coefficient (Wildman–Crippen LogP) is -0.109. The zero-order chi connectivity index (χ0) is 15.0. The lowest BCUT2D eigenvalue weighted by atomic mass is 10.0. The third-order valence-corrected chi connectivity index (χ3v) is 4.42. The molecule has 21 heavy (non-hydrogen) atoms. The second kappa shape index (κ2) is 5.61. The van der Waals surface area contributed by atoms with Crippen molar-refractivity contribution in [1.82, 2.24) is 15.2 Å². The van der Waals surface area contributed by atoms with Gasteiger partial charge >= 0.3 is 0 Å². The molecule has 0 atom stereocenters. The van der Waals surface area contributed by atoms with Crippen LogP contribution in [0.15, 0.2) is 6.07 Å². The largest absolute Gasteiger partial charge is 0.367 e. The first-order valence-corrected chi connectivity index (χ1v) is 7.54. The normalized spacial score (nSPS) is 20.4. The van der Waals surface area contributed by atoms with Crippen LogP contribution in [-0.2, 0) is 0 Å². The van der Waals surface area contributed by atoms with Gasteiger partial charge in [-0.3, -0.25) is 14.7 Å². The fourth-order valence-electron chi connectivity index (χ4n) is 3.29. The Morgan fingerprint density at radius 3 is 2.62 bits per heavy atom. The molecule has 2 aliphatic rings. The molecule has 3 heterocycles. The molecule has 6 heteroatoms. The van der Waals surface area contributed by atoms with E-state index in [9.17, 15) is 4.79 Å². The molecular weight excluding hydrogens is 266 g/mol. The van der Waals surface area contributed by atoms with Gasteiger partial charge in [-0.15, -0.1) is 0 Å². The summed E-state index contributed by atoms with van der Waals surface area (Å²) < 4.78 is 0. The molecule has 6 nitrogen and oxygen atoms in total. The van der Waals surface area contributed by atoms with E-state index < -0.39 is 0 Å². The number of nitrogens with zero attached hydrogens (tertiary/aromatic N) is 3. The number of carbonyl (C=O) groups excluding carboxylic acids is 1. The molecule has 114 valence electrons. The molecule has 0 aliphatic carbocycles. The lowest BCUT2D eigenvalue weighted by Gasteiger charge is -2.48. The van der Waals surface area contributed by atoms with Crippen LogP contribution >= 0.6 is 0 Å². The summed E-state index contributed by atoms with van der Waals surface area (Å²) in [7, 11) is 0. The van der Waals surface area contributed by atoms with Gasteiger partial charge in [0.15, 0.2) is 0 Å². The molecule has 1 amide bonds. The maximum Gasteiger partial charge on any atom is 0.252 e. The minimum atomic E-state index is -0.388. The van der Waals surface area contributed by atoms with Crippen LogP contribution in [0.5, 0.6) is 0 Å². The summed E-state index contributed by atoms with van der Waals surface area (Å²) >= 11 is 0. The quantitative estimate of drug-likeness (QED) is 0.812. The molecule has 1 aromatic heterocycles. The van der Waals surface area contributed by atoms with Gasteiger partial charge in [0.05, 0.1) is 16.9 Å². The zero-order valence-corrected chi connectivity index (χ0v) is 12.7. The first-order chi connectivity index (χ1) is 10.1. The van der Waals surface area contributed by atoms with Crippen molar-refractivity contribution >= 4 is 11.6 Å². The first kappa shape index (κ1) is 14.3. The van der Waals surface area contributed by atoms with Crippen molar-refractivity contribution in [1.29, 1.82) is 0 Å². The third-order valence-electron chi connectivity index (χ3n) is 4.42. The minimum absolute atomic E-state index is 0.388. The summed E-state index contributed by atoms with van der Waals surface area (Å²) in [5, 5.41) is 3.37. The van der Waals surface area contributed by atoms with E-state index in [4.69, 9.17) is 5.73 Å². The smallest absolute Gasteiger partial charge is 0.252 e. The van der Waals surface area contributed by atoms with E-state index in [-0.39, 0.29) is 5.91 Å². The van der Waals surface area contributed by atoms with Gasteiger partial charge in [-0.05, 0) is 19.9 Å². The number of aromatic nitrogens is 1. The van der Waals surface area contributed by atoms with Crippen LogP contribution in [0, 0.1) is 13.8 Å². The molecule has 3 rings (SSSR count). The maximum atomic E-state index is 11.7. The number of rotatable bonds is 3. The monoisotopic (exact) mass is 289 g/mol. The molecule has 2 fully saturated rings. The maximum absolute atomic E-state index is 11.7. The lowest BCUT2D eigenvalue weighted by molar-refractivity contribution is 0.0998. The van der Waals surface area contributed by atoms with Gasteiger partial charge in [0.1, 0.15) is 0 Å². The van der Waals surface area contributed by atoms with E-state index >= 15 is 0 Å². The summed E-state index contributed by atoms with van der Waals surface area (Å²) in [6.45, 7) is 10.1. The fraction of sp³-hybridized carbons (Fsp3) is 0.600. The highest BCUT2D eigenvalue weighted by atomic mass is 16.1. The van der Waals surface area contributed by atoms with Gasteiger partial charge in [-0.1, -0.05) is 0 Å². The number of amides is 1. The number of pyridine rings is 1. The Balaban J connectivity index is 1.75. The highest BCUT2D eigenvalue weighted by Crippen LogP contribution is 2.29. The zero-order valence-electron chi connectivity index (χ0n) is 12.7. The minimum Gasteiger partial charge on any atom is -0.367 e. The van der Waals surface area contributed by atoms with Crippen LogP contribution in [0.2, 0.25) is 0 Å². The number of aryl methyl sites for hydroxylation is 2. The van der Waals surface area contributed by atoms with E-state index in [1.54, 1.807) is 0 Å². The molecule has 1 aromatic rings. The molecule has 2 saturated heterocycles. The van der Waals surface area contributed by atoms with Crippen LogP contribution in [0.1, 0.15) is 21.7 Å². The van der Waals surface area contributed by atoms with Crippen molar-refractivity contribution in [2.75, 3.05) is 44.2 Å². The van der Waals surface area contributed by atoms with E-state index in [0.29, 0.717) is 11.6 Å². The Morgan fingerprint density at radius 1 is 1.33 bits per heavy atom. The highest BCUT2D eigenvalue weighted by Gasteiger charge is 2.34. The van der Waals surface area contributed by atoms with E-state index in [1.807, 2.05) is 19.9 Å². The Kier molecular flexibility index (Phi) is 3.82. The number of nitrogens with one attached hydrogen (secondary N) is 1. The van der Waals surface area contributed by atoms with Crippen LogP contribution in [-0.4, -0.2) is 61.1 Å². The average Bonchev–Trinajstić information content (AvgIpc) is 2.36. The van der Waals surface area contributed by atoms with Crippen LogP contribution < -0.4 is 16.0 Å². The molecule has 0 radical (unpaired) electrons. The average molecular weight is 289 g/mol. The van der Waals surface area contributed by atoms with Crippen molar-refractivity contribution in [2.24, 2.45) is 5.73 Å². The SMILES string of the molecule is Cc1cc(N2CC(N3CCNCC3)C2)c(C(N)=O)c(C)n1. The molecular formula is C15H23N5O. The molecule has 3 N–H and O–H groups in total. The summed E-state index contributed by atoms with van der Waals surface area (Å²) in [5.41, 5.74) is 8.70. The van der Waals surface area contributed by atoms with Crippen LogP contribution in [0.25, 0.3) is 0 Å².